The predicted octanol–water partition coefficient (Wildman–Crippen LogP) is 2.49. The van der Waals surface area contributed by atoms with E-state index in [1.165, 1.54) is 10.7 Å². The van der Waals surface area contributed by atoms with Gasteiger partial charge in [0.25, 0.3) is 5.56 Å². The lowest BCUT2D eigenvalue weighted by molar-refractivity contribution is 0.641. The summed E-state index contributed by atoms with van der Waals surface area (Å²) in [6.07, 6.45) is 3.30. The van der Waals surface area contributed by atoms with Gasteiger partial charge in [0.1, 0.15) is 0 Å². The first-order valence-corrected chi connectivity index (χ1v) is 6.18. The number of fused-ring (bicyclic) bond motifs is 1. The maximum atomic E-state index is 11.7. The van der Waals surface area contributed by atoms with Crippen LogP contribution in [0.3, 0.4) is 0 Å². The van der Waals surface area contributed by atoms with Crippen molar-refractivity contribution in [1.29, 1.82) is 0 Å². The van der Waals surface area contributed by atoms with Crippen LogP contribution in [0.5, 0.6) is 0 Å². The van der Waals surface area contributed by atoms with Crippen molar-refractivity contribution in [2.45, 2.75) is 6.54 Å². The van der Waals surface area contributed by atoms with Gasteiger partial charge in [0, 0.05) is 34.4 Å². The van der Waals surface area contributed by atoms with E-state index in [-0.39, 0.29) is 5.56 Å². The van der Waals surface area contributed by atoms with Crippen LogP contribution in [0.1, 0.15) is 5.56 Å². The maximum Gasteiger partial charge on any atom is 0.267 e. The van der Waals surface area contributed by atoms with Crippen molar-refractivity contribution < 1.29 is 0 Å². The fourth-order valence-corrected chi connectivity index (χ4v) is 2.21. The molecule has 2 heterocycles. The van der Waals surface area contributed by atoms with E-state index in [2.05, 4.69) is 10.1 Å². The van der Waals surface area contributed by atoms with E-state index in [9.17, 15) is 4.79 Å². The highest BCUT2D eigenvalue weighted by Gasteiger charge is 2.07. The molecule has 0 amide bonds. The third kappa shape index (κ3) is 2.22. The summed E-state index contributed by atoms with van der Waals surface area (Å²) < 4.78 is 1.40. The zero-order chi connectivity index (χ0) is 13.2. The van der Waals surface area contributed by atoms with Gasteiger partial charge >= 0.3 is 0 Å². The second kappa shape index (κ2) is 4.82. The van der Waals surface area contributed by atoms with Crippen LogP contribution in [0.4, 0.5) is 0 Å². The van der Waals surface area contributed by atoms with Gasteiger partial charge in [-0.3, -0.25) is 9.78 Å². The minimum Gasteiger partial charge on any atom is -0.268 e. The number of rotatable bonds is 2. The van der Waals surface area contributed by atoms with E-state index in [0.717, 1.165) is 16.5 Å². The molecule has 0 saturated carbocycles. The molecular weight excluding hydrogens is 262 g/mol. The van der Waals surface area contributed by atoms with Gasteiger partial charge in [0.2, 0.25) is 0 Å². The summed E-state index contributed by atoms with van der Waals surface area (Å²) in [5, 5.41) is 5.58. The molecule has 0 N–H and O–H groups in total. The normalized spacial score (nSPS) is 10.8. The smallest absolute Gasteiger partial charge is 0.267 e. The van der Waals surface area contributed by atoms with Gasteiger partial charge in [-0.15, -0.1) is 0 Å². The zero-order valence-electron chi connectivity index (χ0n) is 9.95. The van der Waals surface area contributed by atoms with Crippen LogP contribution < -0.4 is 5.56 Å². The van der Waals surface area contributed by atoms with E-state index >= 15 is 0 Å². The summed E-state index contributed by atoms with van der Waals surface area (Å²) in [5.74, 6) is 0. The highest BCUT2D eigenvalue weighted by molar-refractivity contribution is 6.35. The summed E-state index contributed by atoms with van der Waals surface area (Å²) in [5.41, 5.74) is 1.58. The molecule has 0 saturated heterocycles. The molecule has 4 nitrogen and oxygen atoms in total. The van der Waals surface area contributed by atoms with Crippen LogP contribution in [0.15, 0.2) is 53.6 Å². The predicted molar refractivity (Wildman–Crippen MR) is 74.4 cm³/mol. The quantitative estimate of drug-likeness (QED) is 0.719. The highest BCUT2D eigenvalue weighted by atomic mass is 35.5. The SMILES string of the molecule is O=c1cccnn1Cc1ccc(Cl)c2cccnc12. The van der Waals surface area contributed by atoms with E-state index in [1.807, 2.05) is 24.3 Å². The fraction of sp³-hybridized carbons (Fsp3) is 0.0714. The number of hydrogen-bond donors (Lipinski definition) is 0. The van der Waals surface area contributed by atoms with Crippen molar-refractivity contribution in [2.75, 3.05) is 0 Å². The molecule has 5 heteroatoms. The van der Waals surface area contributed by atoms with Gasteiger partial charge < -0.3 is 0 Å². The Morgan fingerprint density at radius 1 is 1.11 bits per heavy atom. The van der Waals surface area contributed by atoms with Gasteiger partial charge in [-0.2, -0.15) is 5.10 Å². The highest BCUT2D eigenvalue weighted by Crippen LogP contribution is 2.24. The Bertz CT molecular complexity index is 798. The summed E-state index contributed by atoms with van der Waals surface area (Å²) >= 11 is 6.14. The lowest BCUT2D eigenvalue weighted by Crippen LogP contribution is -2.21. The molecule has 0 bridgehead atoms. The van der Waals surface area contributed by atoms with Crippen molar-refractivity contribution in [1.82, 2.24) is 14.8 Å². The summed E-state index contributed by atoms with van der Waals surface area (Å²) in [4.78, 5) is 16.0. The third-order valence-corrected chi connectivity index (χ3v) is 3.24. The number of benzene rings is 1. The van der Waals surface area contributed by atoms with Crippen LogP contribution in [0.25, 0.3) is 10.9 Å². The van der Waals surface area contributed by atoms with Crippen LogP contribution in [-0.2, 0) is 6.54 Å². The second-order valence-electron chi connectivity index (χ2n) is 4.13. The van der Waals surface area contributed by atoms with Gasteiger partial charge in [0.05, 0.1) is 12.1 Å². The Balaban J connectivity index is 2.14. The van der Waals surface area contributed by atoms with E-state index in [0.29, 0.717) is 11.6 Å². The molecule has 0 radical (unpaired) electrons. The molecule has 0 fully saturated rings. The van der Waals surface area contributed by atoms with Gasteiger partial charge in [-0.05, 0) is 24.3 Å². The standard InChI is InChI=1S/C14H10ClN3O/c15-12-6-5-10(14-11(12)3-1-7-16-14)9-18-13(19)4-2-8-17-18/h1-8H,9H2. The first kappa shape index (κ1) is 11.9. The second-order valence-corrected chi connectivity index (χ2v) is 4.53. The zero-order valence-corrected chi connectivity index (χ0v) is 10.7. The van der Waals surface area contributed by atoms with Crippen molar-refractivity contribution in [2.24, 2.45) is 0 Å². The molecule has 0 aliphatic rings. The molecule has 1 aromatic carbocycles. The van der Waals surface area contributed by atoms with Crippen molar-refractivity contribution in [3.05, 3.63) is 69.7 Å². The number of halogens is 1. The summed E-state index contributed by atoms with van der Waals surface area (Å²) in [6.45, 7) is 0.379. The Kier molecular flexibility index (Phi) is 3.01. The van der Waals surface area contributed by atoms with Gasteiger partial charge in [-0.1, -0.05) is 17.7 Å². The average Bonchev–Trinajstić information content (AvgIpc) is 2.44. The maximum absolute atomic E-state index is 11.7. The van der Waals surface area contributed by atoms with Gasteiger partial charge in [-0.25, -0.2) is 4.68 Å². The molecule has 2 aromatic heterocycles. The molecule has 94 valence electrons. The molecule has 3 rings (SSSR count). The molecule has 3 aromatic rings. The first-order chi connectivity index (χ1) is 9.25. The molecule has 0 aliphatic carbocycles. The van der Waals surface area contributed by atoms with Crippen molar-refractivity contribution in [3.63, 3.8) is 0 Å². The topological polar surface area (TPSA) is 47.8 Å². The number of nitrogens with zero attached hydrogens (tertiary/aromatic N) is 3. The monoisotopic (exact) mass is 271 g/mol. The lowest BCUT2D eigenvalue weighted by Gasteiger charge is -2.08. The lowest BCUT2D eigenvalue weighted by atomic mass is 10.1. The van der Waals surface area contributed by atoms with Crippen molar-refractivity contribution >= 4 is 22.5 Å². The Hall–Kier alpha value is -2.20. The van der Waals surface area contributed by atoms with Crippen LogP contribution in [0.2, 0.25) is 5.02 Å². The minimum atomic E-state index is -0.137. The Morgan fingerprint density at radius 3 is 2.79 bits per heavy atom. The van der Waals surface area contributed by atoms with E-state index < -0.39 is 0 Å². The third-order valence-electron chi connectivity index (χ3n) is 2.91. The molecule has 0 aliphatic heterocycles. The number of aromatic nitrogens is 3. The fourth-order valence-electron chi connectivity index (χ4n) is 1.99. The average molecular weight is 272 g/mol. The van der Waals surface area contributed by atoms with Crippen LogP contribution in [-0.4, -0.2) is 14.8 Å². The molecular formula is C14H10ClN3O. The molecule has 0 unspecified atom stereocenters. The first-order valence-electron chi connectivity index (χ1n) is 5.80. The largest absolute Gasteiger partial charge is 0.268 e. The van der Waals surface area contributed by atoms with Crippen LogP contribution in [0, 0.1) is 0 Å². The number of hydrogen-bond acceptors (Lipinski definition) is 3. The van der Waals surface area contributed by atoms with Crippen molar-refractivity contribution in [3.8, 4) is 0 Å². The van der Waals surface area contributed by atoms with Gasteiger partial charge in [0.15, 0.2) is 0 Å². The molecule has 0 spiro atoms. The van der Waals surface area contributed by atoms with Crippen LogP contribution >= 0.6 is 11.6 Å². The Morgan fingerprint density at radius 2 is 1.95 bits per heavy atom. The molecule has 19 heavy (non-hydrogen) atoms. The molecule has 0 atom stereocenters. The Labute approximate surface area is 114 Å². The number of pyridine rings is 1. The summed E-state index contributed by atoms with van der Waals surface area (Å²) in [7, 11) is 0. The summed E-state index contributed by atoms with van der Waals surface area (Å²) in [6, 6.07) is 10.5. The minimum absolute atomic E-state index is 0.137. The van der Waals surface area contributed by atoms with E-state index in [4.69, 9.17) is 11.6 Å². The van der Waals surface area contributed by atoms with E-state index in [1.54, 1.807) is 18.5 Å².